The number of ether oxygens (including phenoxy) is 3. The summed E-state index contributed by atoms with van der Waals surface area (Å²) in [6, 6.07) is 10.0. The van der Waals surface area contributed by atoms with Crippen LogP contribution in [0, 0.1) is 0 Å². The van der Waals surface area contributed by atoms with Gasteiger partial charge in [0, 0.05) is 29.6 Å². The largest absolute Gasteiger partial charge is 0.493 e. The molecule has 0 bridgehead atoms. The van der Waals surface area contributed by atoms with Gasteiger partial charge in [0.25, 0.3) is 0 Å². The quantitative estimate of drug-likeness (QED) is 0.754. The molecular formula is C21H23N3O3S. The fourth-order valence-electron chi connectivity index (χ4n) is 3.96. The standard InChI is InChI=1S/C21H23N3O3S/c1-3-8-25-16-10-18-17(26-12-27-18)9-14(16)20-19(15-6-4-5-7-22-15)23-21-24(20)11-13(2)28-21/h4-7,9-10,13,19-20H,3,8,11-12H2,1-2H3. The first-order valence-corrected chi connectivity index (χ1v) is 10.6. The van der Waals surface area contributed by atoms with Crippen molar-refractivity contribution in [3.8, 4) is 17.2 Å². The number of hydrogen-bond acceptors (Lipinski definition) is 7. The molecule has 0 amide bonds. The van der Waals surface area contributed by atoms with Gasteiger partial charge in [0.15, 0.2) is 16.7 Å². The van der Waals surface area contributed by atoms with Crippen molar-refractivity contribution in [1.82, 2.24) is 9.88 Å². The van der Waals surface area contributed by atoms with Crippen molar-refractivity contribution in [1.29, 1.82) is 0 Å². The SMILES string of the molecule is CCCOc1cc2c(cc1C1C(c3ccccn3)N=C3SC(C)CN31)OCO2. The molecule has 6 nitrogen and oxygen atoms in total. The van der Waals surface area contributed by atoms with Crippen LogP contribution in [0.3, 0.4) is 0 Å². The average Bonchev–Trinajstić information content (AvgIpc) is 3.39. The predicted molar refractivity (Wildman–Crippen MR) is 109 cm³/mol. The molecule has 146 valence electrons. The Morgan fingerprint density at radius 3 is 2.89 bits per heavy atom. The van der Waals surface area contributed by atoms with Crippen molar-refractivity contribution in [2.24, 2.45) is 4.99 Å². The van der Waals surface area contributed by atoms with Crippen LogP contribution in [0.15, 0.2) is 41.5 Å². The maximum atomic E-state index is 6.14. The molecule has 1 saturated heterocycles. The average molecular weight is 398 g/mol. The Morgan fingerprint density at radius 1 is 1.25 bits per heavy atom. The van der Waals surface area contributed by atoms with E-state index in [4.69, 9.17) is 19.2 Å². The summed E-state index contributed by atoms with van der Waals surface area (Å²) < 4.78 is 17.4. The fourth-order valence-corrected chi connectivity index (χ4v) is 5.05. The van der Waals surface area contributed by atoms with Gasteiger partial charge in [-0.15, -0.1) is 0 Å². The van der Waals surface area contributed by atoms with Crippen LogP contribution in [-0.4, -0.2) is 40.2 Å². The Balaban J connectivity index is 1.61. The lowest BCUT2D eigenvalue weighted by molar-refractivity contribution is 0.173. The number of hydrogen-bond donors (Lipinski definition) is 0. The Bertz CT molecular complexity index is 905. The van der Waals surface area contributed by atoms with E-state index in [1.807, 2.05) is 36.2 Å². The van der Waals surface area contributed by atoms with E-state index >= 15 is 0 Å². The fraction of sp³-hybridized carbons (Fsp3) is 0.429. The van der Waals surface area contributed by atoms with E-state index in [0.717, 1.165) is 46.6 Å². The van der Waals surface area contributed by atoms with Crippen LogP contribution in [0.1, 0.15) is 43.6 Å². The molecule has 0 spiro atoms. The molecule has 0 radical (unpaired) electrons. The van der Waals surface area contributed by atoms with Crippen molar-refractivity contribution in [3.05, 3.63) is 47.8 Å². The molecule has 1 aromatic carbocycles. The topological polar surface area (TPSA) is 56.2 Å². The van der Waals surface area contributed by atoms with Crippen molar-refractivity contribution in [2.75, 3.05) is 19.9 Å². The molecule has 1 aromatic heterocycles. The highest BCUT2D eigenvalue weighted by atomic mass is 32.2. The minimum Gasteiger partial charge on any atom is -0.493 e. The third kappa shape index (κ3) is 2.98. The van der Waals surface area contributed by atoms with E-state index in [-0.39, 0.29) is 18.9 Å². The van der Waals surface area contributed by atoms with E-state index in [9.17, 15) is 0 Å². The van der Waals surface area contributed by atoms with Gasteiger partial charge in [0.1, 0.15) is 11.8 Å². The number of nitrogens with zero attached hydrogens (tertiary/aromatic N) is 3. The van der Waals surface area contributed by atoms with E-state index in [0.29, 0.717) is 11.9 Å². The monoisotopic (exact) mass is 397 g/mol. The molecule has 5 rings (SSSR count). The number of amidine groups is 1. The number of pyridine rings is 1. The van der Waals surface area contributed by atoms with Crippen molar-refractivity contribution in [2.45, 2.75) is 37.6 Å². The molecule has 0 N–H and O–H groups in total. The third-order valence-electron chi connectivity index (χ3n) is 5.17. The van der Waals surface area contributed by atoms with Crippen molar-refractivity contribution < 1.29 is 14.2 Å². The minimum absolute atomic E-state index is 0.0312. The molecule has 28 heavy (non-hydrogen) atoms. The predicted octanol–water partition coefficient (Wildman–Crippen LogP) is 4.19. The number of benzene rings is 1. The van der Waals surface area contributed by atoms with E-state index < -0.39 is 0 Å². The van der Waals surface area contributed by atoms with Crippen LogP contribution in [0.2, 0.25) is 0 Å². The number of thioether (sulfide) groups is 1. The number of fused-ring (bicyclic) bond motifs is 2. The summed E-state index contributed by atoms with van der Waals surface area (Å²) in [6.07, 6.45) is 2.78. The summed E-state index contributed by atoms with van der Waals surface area (Å²) in [7, 11) is 0. The van der Waals surface area contributed by atoms with Gasteiger partial charge in [-0.3, -0.25) is 9.98 Å². The highest BCUT2D eigenvalue weighted by Gasteiger charge is 2.45. The Kier molecular flexibility index (Phi) is 4.55. The third-order valence-corrected chi connectivity index (χ3v) is 6.27. The molecule has 0 aliphatic carbocycles. The van der Waals surface area contributed by atoms with Gasteiger partial charge < -0.3 is 19.1 Å². The number of aliphatic imine (C=N–C) groups is 1. The summed E-state index contributed by atoms with van der Waals surface area (Å²) in [6.45, 7) is 6.22. The van der Waals surface area contributed by atoms with Gasteiger partial charge in [-0.25, -0.2) is 0 Å². The summed E-state index contributed by atoms with van der Waals surface area (Å²) >= 11 is 1.83. The Hall–Kier alpha value is -2.41. The molecule has 3 atom stereocenters. The molecule has 7 heteroatoms. The molecule has 4 heterocycles. The van der Waals surface area contributed by atoms with Crippen LogP contribution in [-0.2, 0) is 0 Å². The molecule has 0 saturated carbocycles. The van der Waals surface area contributed by atoms with E-state index in [1.165, 1.54) is 0 Å². The van der Waals surface area contributed by atoms with Crippen LogP contribution in [0.4, 0.5) is 0 Å². The first kappa shape index (κ1) is 17.7. The smallest absolute Gasteiger partial charge is 0.231 e. The lowest BCUT2D eigenvalue weighted by Gasteiger charge is -2.29. The summed E-state index contributed by atoms with van der Waals surface area (Å²) in [5.74, 6) is 2.36. The molecule has 3 aliphatic heterocycles. The highest BCUT2D eigenvalue weighted by Crippen LogP contribution is 2.52. The first-order valence-electron chi connectivity index (χ1n) is 9.73. The van der Waals surface area contributed by atoms with E-state index in [1.54, 1.807) is 0 Å². The maximum Gasteiger partial charge on any atom is 0.231 e. The second-order valence-corrected chi connectivity index (χ2v) is 8.63. The van der Waals surface area contributed by atoms with Gasteiger partial charge in [-0.2, -0.15) is 0 Å². The summed E-state index contributed by atoms with van der Waals surface area (Å²) in [5.41, 5.74) is 2.06. The molecular weight excluding hydrogens is 374 g/mol. The zero-order valence-electron chi connectivity index (χ0n) is 16.0. The highest BCUT2D eigenvalue weighted by molar-refractivity contribution is 8.14. The van der Waals surface area contributed by atoms with Crippen LogP contribution >= 0.6 is 11.8 Å². The van der Waals surface area contributed by atoms with E-state index in [2.05, 4.69) is 35.9 Å². The van der Waals surface area contributed by atoms with Crippen molar-refractivity contribution in [3.63, 3.8) is 0 Å². The second kappa shape index (κ2) is 7.20. The molecule has 3 aliphatic rings. The minimum atomic E-state index is -0.0689. The van der Waals surface area contributed by atoms with Crippen molar-refractivity contribution >= 4 is 16.9 Å². The Morgan fingerprint density at radius 2 is 2.11 bits per heavy atom. The molecule has 2 aromatic rings. The van der Waals surface area contributed by atoms with Gasteiger partial charge in [0.05, 0.1) is 18.3 Å². The number of aromatic nitrogens is 1. The number of rotatable bonds is 5. The van der Waals surface area contributed by atoms with Gasteiger partial charge in [-0.05, 0) is 24.6 Å². The first-order chi connectivity index (χ1) is 13.7. The second-order valence-electron chi connectivity index (χ2n) is 7.23. The summed E-state index contributed by atoms with van der Waals surface area (Å²) in [5, 5.41) is 1.60. The zero-order chi connectivity index (χ0) is 19.1. The zero-order valence-corrected chi connectivity index (χ0v) is 16.8. The van der Waals surface area contributed by atoms with Crippen LogP contribution in [0.25, 0.3) is 0 Å². The lowest BCUT2D eigenvalue weighted by atomic mass is 9.95. The van der Waals surface area contributed by atoms with Gasteiger partial charge in [-0.1, -0.05) is 31.7 Å². The normalized spacial score (nSPS) is 25.0. The Labute approximate surface area is 168 Å². The van der Waals surface area contributed by atoms with Gasteiger partial charge >= 0.3 is 0 Å². The molecule has 3 unspecified atom stereocenters. The van der Waals surface area contributed by atoms with Crippen LogP contribution < -0.4 is 14.2 Å². The summed E-state index contributed by atoms with van der Waals surface area (Å²) in [4.78, 5) is 12.1. The van der Waals surface area contributed by atoms with Gasteiger partial charge in [0.2, 0.25) is 6.79 Å². The van der Waals surface area contributed by atoms with Crippen LogP contribution in [0.5, 0.6) is 17.2 Å². The molecule has 1 fully saturated rings. The maximum absolute atomic E-state index is 6.14. The lowest BCUT2D eigenvalue weighted by Crippen LogP contribution is -2.29.